The lowest BCUT2D eigenvalue weighted by atomic mass is 9.97. The Labute approximate surface area is 158 Å². The van der Waals surface area contributed by atoms with E-state index in [1.807, 2.05) is 6.07 Å². The second-order valence-electron chi connectivity index (χ2n) is 7.04. The molecule has 3 heterocycles. The Bertz CT molecular complexity index is 844. The van der Waals surface area contributed by atoms with Crippen molar-refractivity contribution >= 4 is 6.03 Å². The number of halogens is 4. The van der Waals surface area contributed by atoms with Gasteiger partial charge in [0.2, 0.25) is 0 Å². The van der Waals surface area contributed by atoms with E-state index in [9.17, 15) is 22.4 Å². The fourth-order valence-corrected chi connectivity index (χ4v) is 3.27. The maximum atomic E-state index is 13.8. The number of nitrogens with zero attached hydrogens (tertiary/aromatic N) is 3. The molecule has 6 nitrogen and oxygen atoms in total. The standard InChI is InChI=1S/C18H18F4N4O2/c19-15-5-13(18(20,21)22)2-1-11(15)10-28-14-8-26(9-14)17(27)25-6-12(7-25)16-3-4-23-24-16/h1-5,12,14H,6-10H2,(H,23,24). The maximum absolute atomic E-state index is 13.8. The van der Waals surface area contributed by atoms with Crippen molar-refractivity contribution in [3.05, 3.63) is 53.1 Å². The molecule has 2 aromatic rings. The minimum absolute atomic E-state index is 0.0583. The topological polar surface area (TPSA) is 61.5 Å². The summed E-state index contributed by atoms with van der Waals surface area (Å²) in [5.74, 6) is -0.685. The van der Waals surface area contributed by atoms with Gasteiger partial charge in [-0.05, 0) is 18.2 Å². The summed E-state index contributed by atoms with van der Waals surface area (Å²) < 4.78 is 57.0. The van der Waals surface area contributed by atoms with E-state index in [1.165, 1.54) is 0 Å². The number of hydrogen-bond donors (Lipinski definition) is 1. The van der Waals surface area contributed by atoms with Crippen LogP contribution in [0.15, 0.2) is 30.5 Å². The summed E-state index contributed by atoms with van der Waals surface area (Å²) in [5, 5.41) is 6.79. The number of ether oxygens (including phenoxy) is 1. The van der Waals surface area contributed by atoms with Gasteiger partial charge in [-0.2, -0.15) is 18.3 Å². The van der Waals surface area contributed by atoms with E-state index < -0.39 is 17.6 Å². The molecule has 10 heteroatoms. The Morgan fingerprint density at radius 2 is 1.89 bits per heavy atom. The van der Waals surface area contributed by atoms with Gasteiger partial charge >= 0.3 is 12.2 Å². The van der Waals surface area contributed by atoms with Crippen molar-refractivity contribution in [3.63, 3.8) is 0 Å². The molecule has 1 N–H and O–H groups in total. The molecular formula is C18H18F4N4O2. The number of urea groups is 1. The van der Waals surface area contributed by atoms with Gasteiger partial charge in [-0.25, -0.2) is 9.18 Å². The van der Waals surface area contributed by atoms with Gasteiger partial charge < -0.3 is 14.5 Å². The van der Waals surface area contributed by atoms with Gasteiger partial charge in [-0.3, -0.25) is 5.10 Å². The molecule has 0 atom stereocenters. The van der Waals surface area contributed by atoms with Gasteiger partial charge in [0.05, 0.1) is 31.4 Å². The van der Waals surface area contributed by atoms with Crippen LogP contribution in [0.25, 0.3) is 0 Å². The molecule has 150 valence electrons. The van der Waals surface area contributed by atoms with Crippen LogP contribution >= 0.6 is 0 Å². The molecule has 2 aliphatic heterocycles. The number of aromatic nitrogens is 2. The Morgan fingerprint density at radius 3 is 2.50 bits per heavy atom. The Hall–Kier alpha value is -2.62. The zero-order valence-corrected chi connectivity index (χ0v) is 14.7. The molecule has 0 bridgehead atoms. The molecular weight excluding hydrogens is 380 g/mol. The lowest BCUT2D eigenvalue weighted by Crippen LogP contribution is -2.62. The molecule has 2 fully saturated rings. The number of nitrogens with one attached hydrogen (secondary N) is 1. The van der Waals surface area contributed by atoms with Crippen molar-refractivity contribution in [2.75, 3.05) is 26.2 Å². The van der Waals surface area contributed by atoms with Crippen LogP contribution in [0.3, 0.4) is 0 Å². The molecule has 0 spiro atoms. The minimum atomic E-state index is -4.58. The first-order valence-electron chi connectivity index (χ1n) is 8.81. The number of aromatic amines is 1. The molecule has 0 radical (unpaired) electrons. The van der Waals surface area contributed by atoms with E-state index in [-0.39, 0.29) is 30.2 Å². The second-order valence-corrected chi connectivity index (χ2v) is 7.04. The molecule has 4 rings (SSSR count). The largest absolute Gasteiger partial charge is 0.416 e. The first-order valence-corrected chi connectivity index (χ1v) is 8.81. The molecule has 2 aliphatic rings. The number of rotatable bonds is 4. The SMILES string of the molecule is O=C(N1CC(OCc2ccc(C(F)(F)F)cc2F)C1)N1CC(c2ccn[nH]2)C1. The van der Waals surface area contributed by atoms with Crippen LogP contribution in [0.4, 0.5) is 22.4 Å². The number of benzene rings is 1. The highest BCUT2D eigenvalue weighted by atomic mass is 19.4. The number of H-pyrrole nitrogens is 1. The van der Waals surface area contributed by atoms with E-state index in [4.69, 9.17) is 4.74 Å². The average molecular weight is 398 g/mol. The van der Waals surface area contributed by atoms with Crippen molar-refractivity contribution in [1.29, 1.82) is 0 Å². The summed E-state index contributed by atoms with van der Waals surface area (Å²) >= 11 is 0. The molecule has 2 amide bonds. The Balaban J connectivity index is 1.21. The van der Waals surface area contributed by atoms with Gasteiger partial charge in [0.15, 0.2) is 0 Å². The first kappa shape index (κ1) is 18.7. The van der Waals surface area contributed by atoms with E-state index in [2.05, 4.69) is 10.2 Å². The van der Waals surface area contributed by atoms with E-state index in [1.54, 1.807) is 16.0 Å². The van der Waals surface area contributed by atoms with Gasteiger partial charge in [-0.15, -0.1) is 0 Å². The van der Waals surface area contributed by atoms with Crippen LogP contribution in [0.5, 0.6) is 0 Å². The molecule has 0 aliphatic carbocycles. The smallest absolute Gasteiger partial charge is 0.370 e. The van der Waals surface area contributed by atoms with Gasteiger partial charge in [0.1, 0.15) is 5.82 Å². The lowest BCUT2D eigenvalue weighted by Gasteiger charge is -2.46. The summed E-state index contributed by atoms with van der Waals surface area (Å²) in [6.45, 7) is 1.88. The summed E-state index contributed by atoms with van der Waals surface area (Å²) in [7, 11) is 0. The highest BCUT2D eigenvalue weighted by molar-refractivity contribution is 5.76. The van der Waals surface area contributed by atoms with Crippen LogP contribution in [0, 0.1) is 5.82 Å². The van der Waals surface area contributed by atoms with Crippen molar-refractivity contribution in [2.45, 2.75) is 24.8 Å². The average Bonchev–Trinajstić information content (AvgIpc) is 3.06. The van der Waals surface area contributed by atoms with Crippen molar-refractivity contribution < 1.29 is 27.1 Å². The van der Waals surface area contributed by atoms with Crippen molar-refractivity contribution in [3.8, 4) is 0 Å². The molecule has 1 aromatic heterocycles. The summed E-state index contributed by atoms with van der Waals surface area (Å²) in [6.07, 6.45) is -3.16. The van der Waals surface area contributed by atoms with Crippen LogP contribution in [-0.4, -0.2) is 58.3 Å². The third kappa shape index (κ3) is 3.68. The number of carbonyl (C=O) groups excluding carboxylic acids is 1. The second kappa shape index (κ2) is 7.08. The Morgan fingerprint density at radius 1 is 1.18 bits per heavy atom. The predicted octanol–water partition coefficient (Wildman–Crippen LogP) is 2.99. The van der Waals surface area contributed by atoms with Crippen LogP contribution in [0.1, 0.15) is 22.7 Å². The van der Waals surface area contributed by atoms with E-state index in [0.29, 0.717) is 32.2 Å². The normalized spacial score (nSPS) is 18.1. The first-order chi connectivity index (χ1) is 13.3. The van der Waals surface area contributed by atoms with E-state index >= 15 is 0 Å². The van der Waals surface area contributed by atoms with Crippen molar-refractivity contribution in [1.82, 2.24) is 20.0 Å². The molecule has 0 saturated carbocycles. The van der Waals surface area contributed by atoms with Crippen LogP contribution in [0.2, 0.25) is 0 Å². The third-order valence-electron chi connectivity index (χ3n) is 5.09. The maximum Gasteiger partial charge on any atom is 0.416 e. The fraction of sp³-hybridized carbons (Fsp3) is 0.444. The summed E-state index contributed by atoms with van der Waals surface area (Å²) in [4.78, 5) is 15.7. The number of likely N-dealkylation sites (tertiary alicyclic amines) is 2. The fourth-order valence-electron chi connectivity index (χ4n) is 3.27. The van der Waals surface area contributed by atoms with E-state index in [0.717, 1.165) is 17.8 Å². The number of alkyl halides is 3. The number of amides is 2. The lowest BCUT2D eigenvalue weighted by molar-refractivity contribution is -0.137. The molecule has 2 saturated heterocycles. The highest BCUT2D eigenvalue weighted by Gasteiger charge is 2.39. The van der Waals surface area contributed by atoms with Crippen molar-refractivity contribution in [2.24, 2.45) is 0 Å². The zero-order valence-electron chi connectivity index (χ0n) is 14.7. The van der Waals surface area contributed by atoms with Gasteiger partial charge in [0, 0.05) is 36.5 Å². The molecule has 28 heavy (non-hydrogen) atoms. The van der Waals surface area contributed by atoms with Gasteiger partial charge in [0.25, 0.3) is 0 Å². The third-order valence-corrected chi connectivity index (χ3v) is 5.09. The number of carbonyl (C=O) groups is 1. The van der Waals surface area contributed by atoms with Gasteiger partial charge in [-0.1, -0.05) is 6.07 Å². The summed E-state index contributed by atoms with van der Waals surface area (Å²) in [6, 6.07) is 4.19. The molecule has 1 aromatic carbocycles. The monoisotopic (exact) mass is 398 g/mol. The van der Waals surface area contributed by atoms with Crippen LogP contribution < -0.4 is 0 Å². The quantitative estimate of drug-likeness (QED) is 0.806. The molecule has 0 unspecified atom stereocenters. The summed E-state index contributed by atoms with van der Waals surface area (Å²) in [5.41, 5.74) is 0.0347. The highest BCUT2D eigenvalue weighted by Crippen LogP contribution is 2.31. The predicted molar refractivity (Wildman–Crippen MR) is 89.8 cm³/mol. The minimum Gasteiger partial charge on any atom is -0.370 e. The number of hydrogen-bond acceptors (Lipinski definition) is 3. The Kier molecular flexibility index (Phi) is 4.74. The van der Waals surface area contributed by atoms with Crippen LogP contribution in [-0.2, 0) is 17.5 Å². The zero-order chi connectivity index (χ0) is 19.9.